The molecule has 0 bridgehead atoms. The highest BCUT2D eigenvalue weighted by Crippen LogP contribution is 2.34. The lowest BCUT2D eigenvalue weighted by molar-refractivity contribution is 0.624. The average molecular weight is 319 g/mol. The van der Waals surface area contributed by atoms with E-state index in [2.05, 4.69) is 4.98 Å². The van der Waals surface area contributed by atoms with Crippen LogP contribution in [0.2, 0.25) is 0 Å². The predicted molar refractivity (Wildman–Crippen MR) is 91.4 cm³/mol. The lowest BCUT2D eigenvalue weighted by Crippen LogP contribution is -1.95. The van der Waals surface area contributed by atoms with Crippen LogP contribution in [0.1, 0.15) is 27.9 Å². The zero-order valence-corrected chi connectivity index (χ0v) is 13.0. The summed E-state index contributed by atoms with van der Waals surface area (Å²) in [6, 6.07) is 15.3. The number of rotatable bonds is 1. The Morgan fingerprint density at radius 3 is 2.62 bits per heavy atom. The summed E-state index contributed by atoms with van der Waals surface area (Å²) in [6.45, 7) is 0. The molecule has 0 spiro atoms. The van der Waals surface area contributed by atoms with Crippen molar-refractivity contribution in [2.24, 2.45) is 0 Å². The molecule has 0 amide bonds. The Labute approximate surface area is 139 Å². The zero-order chi connectivity index (χ0) is 16.5. The van der Waals surface area contributed by atoms with E-state index in [1.165, 1.54) is 12.1 Å². The van der Waals surface area contributed by atoms with Crippen molar-refractivity contribution < 1.29 is 8.78 Å². The third kappa shape index (κ3) is 2.62. The molecular formula is C21H15F2N. The van der Waals surface area contributed by atoms with E-state index in [0.717, 1.165) is 34.4 Å². The Morgan fingerprint density at radius 2 is 1.75 bits per heavy atom. The van der Waals surface area contributed by atoms with Crippen molar-refractivity contribution in [2.75, 3.05) is 0 Å². The fraction of sp³-hybridized carbons (Fsp3) is 0.0952. The predicted octanol–water partition coefficient (Wildman–Crippen LogP) is 5.05. The van der Waals surface area contributed by atoms with Crippen LogP contribution in [-0.4, -0.2) is 4.98 Å². The highest BCUT2D eigenvalue weighted by atomic mass is 19.1. The number of aryl methyl sites for hydroxylation is 2. The minimum absolute atomic E-state index is 0.252. The molecule has 0 atom stereocenters. The fourth-order valence-corrected chi connectivity index (χ4v) is 3.22. The average Bonchev–Trinajstić information content (AvgIpc) is 2.74. The van der Waals surface area contributed by atoms with Gasteiger partial charge in [0.15, 0.2) is 0 Å². The van der Waals surface area contributed by atoms with Crippen LogP contribution in [0.5, 0.6) is 0 Å². The van der Waals surface area contributed by atoms with E-state index in [1.54, 1.807) is 30.5 Å². The lowest BCUT2D eigenvalue weighted by atomic mass is 9.93. The minimum Gasteiger partial charge on any atom is -0.261 e. The molecule has 1 nitrogen and oxygen atoms in total. The number of benzene rings is 2. The number of hydrogen-bond donors (Lipinski definition) is 0. The fourth-order valence-electron chi connectivity index (χ4n) is 3.22. The molecule has 0 N–H and O–H groups in total. The maximum Gasteiger partial charge on any atom is 0.130 e. The van der Waals surface area contributed by atoms with Gasteiger partial charge in [-0.2, -0.15) is 0 Å². The Hall–Kier alpha value is -2.81. The molecule has 24 heavy (non-hydrogen) atoms. The topological polar surface area (TPSA) is 12.9 Å². The summed E-state index contributed by atoms with van der Waals surface area (Å²) in [5.41, 5.74) is 5.19. The number of nitrogens with zero attached hydrogens (tertiary/aromatic N) is 1. The maximum atomic E-state index is 14.1. The van der Waals surface area contributed by atoms with Crippen LogP contribution >= 0.6 is 0 Å². The number of aromatic nitrogens is 1. The van der Waals surface area contributed by atoms with E-state index in [-0.39, 0.29) is 11.6 Å². The second-order valence-electron chi connectivity index (χ2n) is 5.88. The van der Waals surface area contributed by atoms with Gasteiger partial charge in [0.2, 0.25) is 0 Å². The maximum absolute atomic E-state index is 14.1. The molecule has 118 valence electrons. The van der Waals surface area contributed by atoms with Crippen LogP contribution in [0.3, 0.4) is 0 Å². The molecule has 0 aliphatic heterocycles. The van der Waals surface area contributed by atoms with Crippen molar-refractivity contribution in [3.8, 4) is 0 Å². The first-order chi connectivity index (χ1) is 11.7. The summed E-state index contributed by atoms with van der Waals surface area (Å²) in [7, 11) is 0. The summed E-state index contributed by atoms with van der Waals surface area (Å²) in [5.74, 6) is -0.527. The van der Waals surface area contributed by atoms with Crippen LogP contribution in [0.25, 0.3) is 11.6 Å². The van der Waals surface area contributed by atoms with Crippen molar-refractivity contribution in [2.45, 2.75) is 12.8 Å². The van der Waals surface area contributed by atoms with E-state index in [0.29, 0.717) is 12.0 Å². The minimum atomic E-state index is -0.275. The Balaban J connectivity index is 1.99. The molecule has 1 aromatic heterocycles. The van der Waals surface area contributed by atoms with E-state index in [4.69, 9.17) is 0 Å². The van der Waals surface area contributed by atoms with Crippen LogP contribution < -0.4 is 0 Å². The van der Waals surface area contributed by atoms with Gasteiger partial charge in [-0.1, -0.05) is 30.3 Å². The van der Waals surface area contributed by atoms with Gasteiger partial charge in [0.25, 0.3) is 0 Å². The van der Waals surface area contributed by atoms with Gasteiger partial charge in [0.1, 0.15) is 11.6 Å². The normalized spacial score (nSPS) is 14.8. The smallest absolute Gasteiger partial charge is 0.130 e. The van der Waals surface area contributed by atoms with Crippen LogP contribution in [0.15, 0.2) is 60.8 Å². The highest BCUT2D eigenvalue weighted by molar-refractivity contribution is 5.93. The first kappa shape index (κ1) is 14.8. The van der Waals surface area contributed by atoms with Gasteiger partial charge < -0.3 is 0 Å². The van der Waals surface area contributed by atoms with Crippen LogP contribution in [0, 0.1) is 11.6 Å². The molecule has 1 aliphatic carbocycles. The van der Waals surface area contributed by atoms with Crippen molar-refractivity contribution in [3.05, 3.63) is 100 Å². The van der Waals surface area contributed by atoms with Gasteiger partial charge in [-0.05, 0) is 59.9 Å². The molecule has 0 saturated heterocycles. The third-order valence-electron chi connectivity index (χ3n) is 4.37. The summed E-state index contributed by atoms with van der Waals surface area (Å²) < 4.78 is 27.8. The van der Waals surface area contributed by atoms with Crippen LogP contribution in [0.4, 0.5) is 8.78 Å². The van der Waals surface area contributed by atoms with Crippen molar-refractivity contribution in [1.82, 2.24) is 4.98 Å². The monoisotopic (exact) mass is 319 g/mol. The summed E-state index contributed by atoms with van der Waals surface area (Å²) >= 11 is 0. The SMILES string of the molecule is Fc1ccc2c(c1)CCc1ncccc1/C2=C\c1ccccc1F. The molecule has 1 aliphatic rings. The van der Waals surface area contributed by atoms with Gasteiger partial charge >= 0.3 is 0 Å². The van der Waals surface area contributed by atoms with Gasteiger partial charge in [0.05, 0.1) is 0 Å². The van der Waals surface area contributed by atoms with E-state index < -0.39 is 0 Å². The standard InChI is InChI=1S/C21H15F2N/c22-16-8-9-17-14(12-16)7-10-21-18(5-3-11-24-21)19(17)13-15-4-1-2-6-20(15)23/h1-6,8-9,11-13H,7,10H2/b19-13-. The Kier molecular flexibility index (Phi) is 3.69. The second kappa shape index (κ2) is 6.00. The Morgan fingerprint density at radius 1 is 0.875 bits per heavy atom. The first-order valence-corrected chi connectivity index (χ1v) is 7.91. The molecule has 2 aromatic carbocycles. The summed E-state index contributed by atoms with van der Waals surface area (Å²) in [5, 5.41) is 0. The first-order valence-electron chi connectivity index (χ1n) is 7.91. The molecular weight excluding hydrogens is 304 g/mol. The number of hydrogen-bond acceptors (Lipinski definition) is 1. The van der Waals surface area contributed by atoms with Gasteiger partial charge in [-0.25, -0.2) is 8.78 Å². The summed E-state index contributed by atoms with van der Waals surface area (Å²) in [4.78, 5) is 4.47. The third-order valence-corrected chi connectivity index (χ3v) is 4.37. The lowest BCUT2D eigenvalue weighted by Gasteiger charge is -2.12. The quantitative estimate of drug-likeness (QED) is 0.612. The molecule has 0 fully saturated rings. The molecule has 3 heteroatoms. The highest BCUT2D eigenvalue weighted by Gasteiger charge is 2.19. The van der Waals surface area contributed by atoms with Gasteiger partial charge in [0, 0.05) is 23.0 Å². The molecule has 0 unspecified atom stereocenters. The van der Waals surface area contributed by atoms with Crippen molar-refractivity contribution in [1.29, 1.82) is 0 Å². The molecule has 3 aromatic rings. The second-order valence-corrected chi connectivity index (χ2v) is 5.88. The largest absolute Gasteiger partial charge is 0.261 e. The molecule has 0 radical (unpaired) electrons. The van der Waals surface area contributed by atoms with Crippen LogP contribution in [-0.2, 0) is 12.8 Å². The van der Waals surface area contributed by atoms with Crippen molar-refractivity contribution >= 4 is 11.6 Å². The van der Waals surface area contributed by atoms with E-state index in [9.17, 15) is 8.78 Å². The zero-order valence-electron chi connectivity index (χ0n) is 13.0. The Bertz CT molecular complexity index is 944. The molecule has 4 rings (SSSR count). The number of halogens is 2. The van der Waals surface area contributed by atoms with E-state index in [1.807, 2.05) is 24.3 Å². The van der Waals surface area contributed by atoms with Gasteiger partial charge in [-0.3, -0.25) is 4.98 Å². The molecule has 0 saturated carbocycles. The molecule has 1 heterocycles. The number of fused-ring (bicyclic) bond motifs is 2. The number of pyridine rings is 1. The van der Waals surface area contributed by atoms with Crippen molar-refractivity contribution in [3.63, 3.8) is 0 Å². The summed E-state index contributed by atoms with van der Waals surface area (Å²) in [6.07, 6.45) is 5.04. The van der Waals surface area contributed by atoms with Gasteiger partial charge in [-0.15, -0.1) is 0 Å². The van der Waals surface area contributed by atoms with E-state index >= 15 is 0 Å².